The van der Waals surface area contributed by atoms with Gasteiger partial charge in [0.25, 0.3) is 0 Å². The van der Waals surface area contributed by atoms with Crippen LogP contribution in [0.25, 0.3) is 0 Å². The fourth-order valence-corrected chi connectivity index (χ4v) is 2.46. The molecule has 2 N–H and O–H groups in total. The van der Waals surface area contributed by atoms with Crippen LogP contribution in [0.5, 0.6) is 0 Å². The van der Waals surface area contributed by atoms with Crippen LogP contribution >= 0.6 is 0 Å². The molecule has 0 aromatic carbocycles. The molecule has 3 unspecified atom stereocenters. The van der Waals surface area contributed by atoms with Crippen molar-refractivity contribution in [1.82, 2.24) is 15.5 Å². The Morgan fingerprint density at radius 1 is 1.60 bits per heavy atom. The highest BCUT2D eigenvalue weighted by Gasteiger charge is 2.44. The lowest BCUT2D eigenvalue weighted by molar-refractivity contribution is -0.143. The average molecular weight is 213 g/mol. The van der Waals surface area contributed by atoms with Crippen LogP contribution in [0.3, 0.4) is 0 Å². The predicted molar refractivity (Wildman–Crippen MR) is 57.3 cm³/mol. The summed E-state index contributed by atoms with van der Waals surface area (Å²) in [7, 11) is 1.77. The Hall–Kier alpha value is -0.940. The van der Waals surface area contributed by atoms with E-state index in [2.05, 4.69) is 10.6 Å². The van der Waals surface area contributed by atoms with E-state index in [0.717, 1.165) is 12.8 Å². The van der Waals surface area contributed by atoms with E-state index in [1.807, 2.05) is 0 Å². The smallest absolute Gasteiger partial charge is 0.242 e. The van der Waals surface area contributed by atoms with Crippen LogP contribution in [0, 0.1) is 0 Å². The van der Waals surface area contributed by atoms with Crippen molar-refractivity contribution in [1.29, 1.82) is 0 Å². The summed E-state index contributed by atoms with van der Waals surface area (Å²) in [5.41, 5.74) is 0. The number of rotatable bonds is 2. The molecule has 2 heterocycles. The average Bonchev–Trinajstić information content (AvgIpc) is 2.63. The minimum Gasteiger partial charge on any atom is -0.316 e. The van der Waals surface area contributed by atoms with Gasteiger partial charge in [-0.2, -0.15) is 0 Å². The van der Waals surface area contributed by atoms with Gasteiger partial charge in [-0.15, -0.1) is 0 Å². The van der Waals surface area contributed by atoms with Crippen molar-refractivity contribution < 1.29 is 11.0 Å². The van der Waals surface area contributed by atoms with Crippen LogP contribution in [0.15, 0.2) is 0 Å². The van der Waals surface area contributed by atoms with Crippen molar-refractivity contribution in [3.8, 4) is 0 Å². The minimum atomic E-state index is -0.217. The first kappa shape index (κ1) is 10.6. The molecule has 5 nitrogen and oxygen atoms in total. The summed E-state index contributed by atoms with van der Waals surface area (Å²) in [5.74, 6) is 0.142. The van der Waals surface area contributed by atoms with Crippen molar-refractivity contribution in [3.63, 3.8) is 0 Å². The molecular weight excluding hydrogens is 194 g/mol. The summed E-state index contributed by atoms with van der Waals surface area (Å²) in [4.78, 5) is 25.1. The zero-order valence-electron chi connectivity index (χ0n) is 9.12. The van der Waals surface area contributed by atoms with E-state index in [9.17, 15) is 9.59 Å². The van der Waals surface area contributed by atoms with Gasteiger partial charge in [-0.3, -0.25) is 14.9 Å². The first-order valence-corrected chi connectivity index (χ1v) is 5.38. The van der Waals surface area contributed by atoms with Crippen LogP contribution < -0.4 is 10.6 Å². The number of carbonyl (C=O) groups excluding carboxylic acids is 2. The number of likely N-dealkylation sites (N-methyl/N-ethyl adjacent to an activating group) is 1. The number of nitrogens with zero attached hydrogens (tertiary/aromatic N) is 1. The Balaban J connectivity index is 0.00000128. The molecule has 2 rings (SSSR count). The predicted octanol–water partition coefficient (Wildman–Crippen LogP) is -0.670. The molecule has 2 saturated heterocycles. The molecule has 15 heavy (non-hydrogen) atoms. The van der Waals surface area contributed by atoms with Gasteiger partial charge < -0.3 is 10.2 Å². The monoisotopic (exact) mass is 213 g/mol. The minimum absolute atomic E-state index is 0. The number of carbonyl (C=O) groups is 2. The largest absolute Gasteiger partial charge is 0.316 e. The Kier molecular flexibility index (Phi) is 2.75. The summed E-state index contributed by atoms with van der Waals surface area (Å²) in [6, 6.07) is -0.410. The van der Waals surface area contributed by atoms with Gasteiger partial charge in [0.05, 0.1) is 18.2 Å². The second-order valence-corrected chi connectivity index (χ2v) is 4.21. The van der Waals surface area contributed by atoms with Crippen LogP contribution in [0.2, 0.25) is 0 Å². The van der Waals surface area contributed by atoms with Crippen LogP contribution in [0.4, 0.5) is 0 Å². The normalized spacial score (nSPS) is 35.5. The van der Waals surface area contributed by atoms with E-state index >= 15 is 0 Å². The molecule has 3 atom stereocenters. The maximum atomic E-state index is 12.0. The van der Waals surface area contributed by atoms with Gasteiger partial charge in [0.2, 0.25) is 5.91 Å². The lowest BCUT2D eigenvalue weighted by Crippen LogP contribution is -2.64. The molecule has 0 aliphatic carbocycles. The highest BCUT2D eigenvalue weighted by molar-refractivity contribution is 5.91. The molecule has 2 aliphatic heterocycles. The summed E-state index contributed by atoms with van der Waals surface area (Å²) in [5, 5.41) is 6.25. The third-order valence-electron chi connectivity index (χ3n) is 3.31. The van der Waals surface area contributed by atoms with Crippen molar-refractivity contribution in [3.05, 3.63) is 0 Å². The second-order valence-electron chi connectivity index (χ2n) is 4.21. The van der Waals surface area contributed by atoms with Gasteiger partial charge in [-0.05, 0) is 26.8 Å². The number of hydrogen-bond donors (Lipinski definition) is 2. The van der Waals surface area contributed by atoms with Gasteiger partial charge in [-0.1, -0.05) is 0 Å². The topological polar surface area (TPSA) is 61.4 Å². The number of amides is 1. The standard InChI is InChI=1S/C10H17N3O2.H2/c1-6(14)8-3-4-9-12-5-7(11-2)10(15)13(8)9;/h7-9,11-12H,3-5H2,1-2H3;1H. The molecule has 1 amide bonds. The Morgan fingerprint density at radius 2 is 2.33 bits per heavy atom. The highest BCUT2D eigenvalue weighted by Crippen LogP contribution is 2.26. The third kappa shape index (κ3) is 1.66. The van der Waals surface area contributed by atoms with Gasteiger partial charge in [0.1, 0.15) is 0 Å². The molecule has 0 aromatic heterocycles. The molecular formula is C10H19N3O2. The van der Waals surface area contributed by atoms with Crippen molar-refractivity contribution in [2.75, 3.05) is 13.6 Å². The molecule has 0 spiro atoms. The van der Waals surface area contributed by atoms with E-state index in [0.29, 0.717) is 6.54 Å². The zero-order valence-corrected chi connectivity index (χ0v) is 9.12. The van der Waals surface area contributed by atoms with Gasteiger partial charge >= 0.3 is 0 Å². The van der Waals surface area contributed by atoms with Crippen LogP contribution in [-0.4, -0.2) is 48.4 Å². The molecule has 2 aliphatic rings. The summed E-state index contributed by atoms with van der Waals surface area (Å²) in [6.45, 7) is 2.21. The molecule has 86 valence electrons. The van der Waals surface area contributed by atoms with Crippen molar-refractivity contribution in [2.45, 2.75) is 38.0 Å². The fraction of sp³-hybridized carbons (Fsp3) is 0.800. The number of nitrogens with one attached hydrogen (secondary N) is 2. The first-order valence-electron chi connectivity index (χ1n) is 5.38. The Morgan fingerprint density at radius 3 is 2.93 bits per heavy atom. The molecule has 0 radical (unpaired) electrons. The van der Waals surface area contributed by atoms with Crippen LogP contribution in [0.1, 0.15) is 21.2 Å². The van der Waals surface area contributed by atoms with E-state index in [1.54, 1.807) is 18.9 Å². The third-order valence-corrected chi connectivity index (χ3v) is 3.31. The maximum absolute atomic E-state index is 12.0. The number of fused-ring (bicyclic) bond motifs is 1. The Labute approximate surface area is 90.7 Å². The Bertz CT molecular complexity index is 298. The molecule has 5 heteroatoms. The van der Waals surface area contributed by atoms with Crippen LogP contribution in [-0.2, 0) is 9.59 Å². The van der Waals surface area contributed by atoms with Gasteiger partial charge in [-0.25, -0.2) is 0 Å². The number of hydrogen-bond acceptors (Lipinski definition) is 4. The van der Waals surface area contributed by atoms with Crippen molar-refractivity contribution in [2.24, 2.45) is 0 Å². The molecule has 0 bridgehead atoms. The number of Topliss-reactive ketones (excluding diaryl/α,β-unsaturated/α-hetero) is 1. The summed E-state index contributed by atoms with van der Waals surface area (Å²) in [6.07, 6.45) is 1.73. The molecule has 0 saturated carbocycles. The highest BCUT2D eigenvalue weighted by atomic mass is 16.2. The van der Waals surface area contributed by atoms with Gasteiger partial charge in [0.15, 0.2) is 5.78 Å². The second kappa shape index (κ2) is 3.90. The van der Waals surface area contributed by atoms with Gasteiger partial charge in [0, 0.05) is 7.97 Å². The van der Waals surface area contributed by atoms with E-state index in [-0.39, 0.29) is 31.4 Å². The first-order chi connectivity index (χ1) is 7.15. The summed E-state index contributed by atoms with van der Waals surface area (Å²) < 4.78 is 0. The van der Waals surface area contributed by atoms with E-state index < -0.39 is 0 Å². The SMILES string of the molecule is CNC1CNC2CCC(C(C)=O)N2C1=O.[HH]. The molecule has 0 aromatic rings. The number of ketones is 1. The molecule has 2 fully saturated rings. The maximum Gasteiger partial charge on any atom is 0.242 e. The van der Waals surface area contributed by atoms with E-state index in [1.165, 1.54) is 0 Å². The fourth-order valence-electron chi connectivity index (χ4n) is 2.46. The van der Waals surface area contributed by atoms with Crippen molar-refractivity contribution >= 4 is 11.7 Å². The lowest BCUT2D eigenvalue weighted by atomic mass is 10.1. The lowest BCUT2D eigenvalue weighted by Gasteiger charge is -2.37. The van der Waals surface area contributed by atoms with E-state index in [4.69, 9.17) is 0 Å². The zero-order chi connectivity index (χ0) is 11.0. The quantitative estimate of drug-likeness (QED) is 0.638. The summed E-state index contributed by atoms with van der Waals surface area (Å²) >= 11 is 0.